The normalized spacial score (nSPS) is 15.1. The molecule has 0 N–H and O–H groups in total. The molecule has 0 aliphatic carbocycles. The number of aryl methyl sites for hydroxylation is 1. The number of amides is 1. The van der Waals surface area contributed by atoms with Gasteiger partial charge in [-0.05, 0) is 75.8 Å². The van der Waals surface area contributed by atoms with Crippen LogP contribution in [0.25, 0.3) is 27.7 Å². The van der Waals surface area contributed by atoms with Gasteiger partial charge in [-0.25, -0.2) is 0 Å². The summed E-state index contributed by atoms with van der Waals surface area (Å²) in [5.41, 5.74) is 5.64. The number of benzene rings is 2. The van der Waals surface area contributed by atoms with E-state index in [1.807, 2.05) is 56.9 Å². The van der Waals surface area contributed by atoms with E-state index in [0.717, 1.165) is 76.2 Å². The molecule has 0 atom stereocenters. The molecule has 2 heterocycles. The van der Waals surface area contributed by atoms with E-state index >= 15 is 0 Å². The van der Waals surface area contributed by atoms with Crippen LogP contribution in [0.4, 0.5) is 0 Å². The predicted octanol–water partition coefficient (Wildman–Crippen LogP) is 6.87. The van der Waals surface area contributed by atoms with Crippen molar-refractivity contribution < 1.29 is 18.7 Å². The van der Waals surface area contributed by atoms with Crippen LogP contribution < -0.4 is 9.47 Å². The quantitative estimate of drug-likeness (QED) is 0.360. The van der Waals surface area contributed by atoms with Gasteiger partial charge in [0, 0.05) is 41.2 Å². The highest BCUT2D eigenvalue weighted by atomic mass is 16.5. The molecule has 1 fully saturated rings. The number of fused-ring (bicyclic) bond motifs is 1. The van der Waals surface area contributed by atoms with Crippen molar-refractivity contribution in [3.05, 3.63) is 53.8 Å². The number of carbonyl (C=O) groups is 1. The molecule has 0 radical (unpaired) electrons. The summed E-state index contributed by atoms with van der Waals surface area (Å²) in [6.45, 7) is 13.0. The van der Waals surface area contributed by atoms with Crippen LogP contribution in [0.3, 0.4) is 0 Å². The summed E-state index contributed by atoms with van der Waals surface area (Å²) in [4.78, 5) is 15.0. The third-order valence-corrected chi connectivity index (χ3v) is 6.67. The van der Waals surface area contributed by atoms with Crippen molar-refractivity contribution in [3.63, 3.8) is 0 Å². The molecular formula is C29H35NO4. The summed E-state index contributed by atoms with van der Waals surface area (Å²) in [6.07, 6.45) is 5.68. The summed E-state index contributed by atoms with van der Waals surface area (Å²) in [5.74, 6) is 2.38. The predicted molar refractivity (Wildman–Crippen MR) is 137 cm³/mol. The molecule has 34 heavy (non-hydrogen) atoms. The van der Waals surface area contributed by atoms with Gasteiger partial charge in [0.25, 0.3) is 0 Å². The standard InChI is InChI=1S/C29H35NO4/c1-6-32-23-10-8-22(9-11-23)26-18-34-29-21(5)28(33-7-2)24(17-25(26)29)20(4)16-27(31)30-14-12-19(3)13-15-30/h8-11,16-19H,6-7,12-15H2,1-5H3/b20-16+. The van der Waals surface area contributed by atoms with E-state index in [1.54, 1.807) is 12.3 Å². The van der Waals surface area contributed by atoms with Crippen molar-refractivity contribution in [3.8, 4) is 22.6 Å². The minimum Gasteiger partial charge on any atom is -0.494 e. The van der Waals surface area contributed by atoms with Crippen molar-refractivity contribution >= 4 is 22.4 Å². The Balaban J connectivity index is 1.75. The minimum atomic E-state index is 0.0727. The number of ether oxygens (including phenoxy) is 2. The summed E-state index contributed by atoms with van der Waals surface area (Å²) >= 11 is 0. The van der Waals surface area contributed by atoms with E-state index in [-0.39, 0.29) is 5.91 Å². The lowest BCUT2D eigenvalue weighted by Gasteiger charge is -2.29. The highest BCUT2D eigenvalue weighted by Crippen LogP contribution is 2.41. The van der Waals surface area contributed by atoms with E-state index in [2.05, 4.69) is 13.0 Å². The Morgan fingerprint density at radius 2 is 1.79 bits per heavy atom. The van der Waals surface area contributed by atoms with Gasteiger partial charge in [-0.2, -0.15) is 0 Å². The van der Waals surface area contributed by atoms with Crippen molar-refractivity contribution in [2.45, 2.75) is 47.5 Å². The zero-order chi connectivity index (χ0) is 24.2. The molecule has 0 bridgehead atoms. The first-order chi connectivity index (χ1) is 16.4. The van der Waals surface area contributed by atoms with Crippen LogP contribution in [0.1, 0.15) is 51.7 Å². The van der Waals surface area contributed by atoms with E-state index < -0.39 is 0 Å². The van der Waals surface area contributed by atoms with E-state index in [4.69, 9.17) is 13.9 Å². The second-order valence-corrected chi connectivity index (χ2v) is 9.13. The maximum absolute atomic E-state index is 13.0. The van der Waals surface area contributed by atoms with E-state index in [1.165, 1.54) is 0 Å². The average Bonchev–Trinajstić information content (AvgIpc) is 3.26. The molecule has 5 heteroatoms. The lowest BCUT2D eigenvalue weighted by atomic mass is 9.96. The Labute approximate surface area is 202 Å². The van der Waals surface area contributed by atoms with Gasteiger partial charge < -0.3 is 18.8 Å². The summed E-state index contributed by atoms with van der Waals surface area (Å²) in [5, 5.41) is 1.01. The number of nitrogens with zero attached hydrogens (tertiary/aromatic N) is 1. The van der Waals surface area contributed by atoms with Crippen molar-refractivity contribution in [1.82, 2.24) is 4.90 Å². The zero-order valence-corrected chi connectivity index (χ0v) is 20.9. The number of allylic oxidation sites excluding steroid dienone is 1. The van der Waals surface area contributed by atoms with Crippen LogP contribution in [-0.4, -0.2) is 37.1 Å². The fourth-order valence-electron chi connectivity index (χ4n) is 4.64. The Morgan fingerprint density at radius 1 is 1.12 bits per heavy atom. The molecule has 0 unspecified atom stereocenters. The molecule has 1 saturated heterocycles. The molecule has 4 rings (SSSR count). The van der Waals surface area contributed by atoms with Gasteiger partial charge in [0.05, 0.1) is 19.5 Å². The van der Waals surface area contributed by atoms with Crippen LogP contribution in [0.15, 0.2) is 47.1 Å². The third-order valence-electron chi connectivity index (χ3n) is 6.67. The van der Waals surface area contributed by atoms with Gasteiger partial charge in [0.2, 0.25) is 5.91 Å². The Kier molecular flexibility index (Phi) is 7.30. The molecule has 1 aromatic heterocycles. The smallest absolute Gasteiger partial charge is 0.246 e. The zero-order valence-electron chi connectivity index (χ0n) is 20.9. The number of rotatable bonds is 7. The second-order valence-electron chi connectivity index (χ2n) is 9.13. The van der Waals surface area contributed by atoms with Crippen LogP contribution in [-0.2, 0) is 4.79 Å². The third kappa shape index (κ3) is 4.84. The molecule has 2 aromatic carbocycles. The molecule has 1 aliphatic heterocycles. The molecule has 5 nitrogen and oxygen atoms in total. The van der Waals surface area contributed by atoms with Crippen molar-refractivity contribution in [2.75, 3.05) is 26.3 Å². The number of furan rings is 1. The monoisotopic (exact) mass is 461 g/mol. The highest BCUT2D eigenvalue weighted by molar-refractivity contribution is 6.01. The lowest BCUT2D eigenvalue weighted by molar-refractivity contribution is -0.127. The maximum atomic E-state index is 13.0. The van der Waals surface area contributed by atoms with Crippen LogP contribution in [0, 0.1) is 12.8 Å². The molecule has 3 aromatic rings. The largest absolute Gasteiger partial charge is 0.494 e. The van der Waals surface area contributed by atoms with Gasteiger partial charge in [0.1, 0.15) is 17.1 Å². The first kappa shape index (κ1) is 23.9. The van der Waals surface area contributed by atoms with Gasteiger partial charge in [-0.3, -0.25) is 4.79 Å². The number of carbonyl (C=O) groups excluding carboxylic acids is 1. The van der Waals surface area contributed by atoms with Crippen molar-refractivity contribution in [2.24, 2.45) is 5.92 Å². The summed E-state index contributed by atoms with van der Waals surface area (Å²) in [7, 11) is 0. The molecule has 0 saturated carbocycles. The molecule has 1 aliphatic rings. The summed E-state index contributed by atoms with van der Waals surface area (Å²) < 4.78 is 17.7. The first-order valence-electron chi connectivity index (χ1n) is 12.3. The second kappa shape index (κ2) is 10.4. The topological polar surface area (TPSA) is 51.9 Å². The Hall–Kier alpha value is -3.21. The van der Waals surface area contributed by atoms with Gasteiger partial charge in [-0.1, -0.05) is 19.1 Å². The molecule has 180 valence electrons. The van der Waals surface area contributed by atoms with Crippen LogP contribution >= 0.6 is 0 Å². The van der Waals surface area contributed by atoms with Crippen LogP contribution in [0.2, 0.25) is 0 Å². The van der Waals surface area contributed by atoms with Crippen molar-refractivity contribution in [1.29, 1.82) is 0 Å². The van der Waals surface area contributed by atoms with Gasteiger partial charge in [-0.15, -0.1) is 0 Å². The number of hydrogen-bond acceptors (Lipinski definition) is 4. The Morgan fingerprint density at radius 3 is 2.44 bits per heavy atom. The number of piperidine rings is 1. The molecular weight excluding hydrogens is 426 g/mol. The number of hydrogen-bond donors (Lipinski definition) is 0. The first-order valence-corrected chi connectivity index (χ1v) is 12.3. The highest BCUT2D eigenvalue weighted by Gasteiger charge is 2.22. The van der Waals surface area contributed by atoms with Gasteiger partial charge >= 0.3 is 0 Å². The lowest BCUT2D eigenvalue weighted by Crippen LogP contribution is -2.36. The number of likely N-dealkylation sites (tertiary alicyclic amines) is 1. The fourth-order valence-corrected chi connectivity index (χ4v) is 4.64. The van der Waals surface area contributed by atoms with Crippen LogP contribution in [0.5, 0.6) is 11.5 Å². The van der Waals surface area contributed by atoms with Gasteiger partial charge in [0.15, 0.2) is 0 Å². The van der Waals surface area contributed by atoms with E-state index in [9.17, 15) is 4.79 Å². The fraction of sp³-hybridized carbons (Fsp3) is 0.414. The van der Waals surface area contributed by atoms with E-state index in [0.29, 0.717) is 19.1 Å². The minimum absolute atomic E-state index is 0.0727. The SMILES string of the molecule is CCOc1ccc(-c2coc3c(C)c(OCC)c(/C(C)=C/C(=O)N4CCC(C)CC4)cc23)cc1. The summed E-state index contributed by atoms with van der Waals surface area (Å²) in [6, 6.07) is 10.1. The molecule has 0 spiro atoms. The molecule has 1 amide bonds. The average molecular weight is 462 g/mol. The Bertz CT molecular complexity index is 1180. The maximum Gasteiger partial charge on any atom is 0.246 e.